The number of halogens is 1. The van der Waals surface area contributed by atoms with Gasteiger partial charge in [-0.3, -0.25) is 4.79 Å². The van der Waals surface area contributed by atoms with Crippen molar-refractivity contribution in [2.24, 2.45) is 5.92 Å². The van der Waals surface area contributed by atoms with Crippen LogP contribution in [0.4, 0.5) is 10.1 Å². The zero-order valence-corrected chi connectivity index (χ0v) is 9.27. The summed E-state index contributed by atoms with van der Waals surface area (Å²) in [4.78, 5) is 14.8. The highest BCUT2D eigenvalue weighted by atomic mass is 19.1. The first-order valence-electron chi connectivity index (χ1n) is 5.08. The standard InChI is InChI=1S/C11H15FN2O2/c1-7(2)9(15)5-11(16)14-8-3-4-10(12)13-6-8/h3-4,6-7,9,15H,5H2,1-2H3,(H,14,16). The third kappa shape index (κ3) is 3.94. The molecule has 16 heavy (non-hydrogen) atoms. The molecule has 0 radical (unpaired) electrons. The fourth-order valence-electron chi connectivity index (χ4n) is 1.09. The molecular formula is C11H15FN2O2. The molecule has 0 spiro atoms. The van der Waals surface area contributed by atoms with E-state index in [2.05, 4.69) is 10.3 Å². The summed E-state index contributed by atoms with van der Waals surface area (Å²) in [5, 5.41) is 12.0. The summed E-state index contributed by atoms with van der Waals surface area (Å²) in [7, 11) is 0. The summed E-state index contributed by atoms with van der Waals surface area (Å²) in [5.41, 5.74) is 0.419. The second kappa shape index (κ2) is 5.55. The number of amides is 1. The van der Waals surface area contributed by atoms with E-state index < -0.39 is 12.1 Å². The van der Waals surface area contributed by atoms with Crippen LogP contribution in [-0.2, 0) is 4.79 Å². The number of pyridine rings is 1. The Hall–Kier alpha value is -1.49. The molecule has 0 aliphatic carbocycles. The number of hydrogen-bond donors (Lipinski definition) is 2. The van der Waals surface area contributed by atoms with E-state index in [1.807, 2.05) is 13.8 Å². The summed E-state index contributed by atoms with van der Waals surface area (Å²) in [6, 6.07) is 2.58. The van der Waals surface area contributed by atoms with Crippen molar-refractivity contribution < 1.29 is 14.3 Å². The van der Waals surface area contributed by atoms with Crippen LogP contribution in [0.3, 0.4) is 0 Å². The zero-order chi connectivity index (χ0) is 12.1. The van der Waals surface area contributed by atoms with E-state index >= 15 is 0 Å². The number of aromatic nitrogens is 1. The van der Waals surface area contributed by atoms with Gasteiger partial charge in [0.2, 0.25) is 11.9 Å². The van der Waals surface area contributed by atoms with Crippen LogP contribution in [-0.4, -0.2) is 22.1 Å². The Morgan fingerprint density at radius 1 is 1.56 bits per heavy atom. The van der Waals surface area contributed by atoms with Crippen LogP contribution in [0.5, 0.6) is 0 Å². The molecule has 2 N–H and O–H groups in total. The summed E-state index contributed by atoms with van der Waals surface area (Å²) < 4.78 is 12.5. The fraction of sp³-hybridized carbons (Fsp3) is 0.455. The quantitative estimate of drug-likeness (QED) is 0.766. The highest BCUT2D eigenvalue weighted by molar-refractivity contribution is 5.90. The van der Waals surface area contributed by atoms with Crippen molar-refractivity contribution in [2.75, 3.05) is 5.32 Å². The van der Waals surface area contributed by atoms with Crippen molar-refractivity contribution in [2.45, 2.75) is 26.4 Å². The van der Waals surface area contributed by atoms with E-state index in [9.17, 15) is 14.3 Å². The molecule has 1 atom stereocenters. The molecule has 1 heterocycles. The molecule has 0 fully saturated rings. The number of rotatable bonds is 4. The van der Waals surface area contributed by atoms with Gasteiger partial charge in [0.1, 0.15) is 0 Å². The zero-order valence-electron chi connectivity index (χ0n) is 9.27. The van der Waals surface area contributed by atoms with Gasteiger partial charge in [-0.05, 0) is 18.1 Å². The molecule has 0 aromatic carbocycles. The molecule has 88 valence electrons. The minimum Gasteiger partial charge on any atom is -0.392 e. The number of carbonyl (C=O) groups excluding carboxylic acids is 1. The highest BCUT2D eigenvalue weighted by Gasteiger charge is 2.14. The summed E-state index contributed by atoms with van der Waals surface area (Å²) >= 11 is 0. The van der Waals surface area contributed by atoms with E-state index in [0.29, 0.717) is 5.69 Å². The van der Waals surface area contributed by atoms with Crippen LogP contribution in [0.15, 0.2) is 18.3 Å². The monoisotopic (exact) mass is 226 g/mol. The average Bonchev–Trinajstić information content (AvgIpc) is 2.21. The lowest BCUT2D eigenvalue weighted by Crippen LogP contribution is -2.23. The second-order valence-corrected chi connectivity index (χ2v) is 3.93. The number of aliphatic hydroxyl groups is 1. The van der Waals surface area contributed by atoms with Crippen LogP contribution >= 0.6 is 0 Å². The minimum atomic E-state index is -0.673. The summed E-state index contributed by atoms with van der Waals surface area (Å²) in [6.07, 6.45) is 0.581. The van der Waals surface area contributed by atoms with Gasteiger partial charge in [0.25, 0.3) is 0 Å². The van der Waals surface area contributed by atoms with Gasteiger partial charge in [-0.1, -0.05) is 13.8 Å². The van der Waals surface area contributed by atoms with Gasteiger partial charge in [-0.2, -0.15) is 4.39 Å². The molecule has 1 rings (SSSR count). The lowest BCUT2D eigenvalue weighted by Gasteiger charge is -2.13. The van der Waals surface area contributed by atoms with E-state index in [4.69, 9.17) is 0 Å². The van der Waals surface area contributed by atoms with Crippen molar-refractivity contribution in [1.29, 1.82) is 0 Å². The first kappa shape index (κ1) is 12.6. The number of hydrogen-bond acceptors (Lipinski definition) is 3. The predicted octanol–water partition coefficient (Wildman–Crippen LogP) is 1.57. The van der Waals surface area contributed by atoms with E-state index in [1.165, 1.54) is 12.3 Å². The Kier molecular flexibility index (Phi) is 4.37. The van der Waals surface area contributed by atoms with Crippen molar-refractivity contribution in [3.05, 3.63) is 24.3 Å². The predicted molar refractivity (Wildman–Crippen MR) is 58.3 cm³/mol. The Labute approximate surface area is 93.5 Å². The molecule has 4 nitrogen and oxygen atoms in total. The second-order valence-electron chi connectivity index (χ2n) is 3.93. The van der Waals surface area contributed by atoms with Crippen LogP contribution in [0.2, 0.25) is 0 Å². The first-order chi connectivity index (χ1) is 7.49. The normalized spacial score (nSPS) is 12.6. The van der Waals surface area contributed by atoms with Crippen molar-refractivity contribution in [3.8, 4) is 0 Å². The van der Waals surface area contributed by atoms with Crippen LogP contribution in [0, 0.1) is 11.9 Å². The van der Waals surface area contributed by atoms with Gasteiger partial charge in [0.15, 0.2) is 0 Å². The van der Waals surface area contributed by atoms with Crippen molar-refractivity contribution in [3.63, 3.8) is 0 Å². The van der Waals surface area contributed by atoms with Crippen LogP contribution in [0.1, 0.15) is 20.3 Å². The topological polar surface area (TPSA) is 62.2 Å². The average molecular weight is 226 g/mol. The maximum Gasteiger partial charge on any atom is 0.227 e. The van der Waals surface area contributed by atoms with Crippen molar-refractivity contribution >= 4 is 11.6 Å². The Morgan fingerprint density at radius 3 is 2.75 bits per heavy atom. The third-order valence-electron chi connectivity index (χ3n) is 2.18. The molecule has 0 saturated carbocycles. The number of carbonyl (C=O) groups is 1. The molecule has 0 aliphatic rings. The minimum absolute atomic E-state index is 0.0229. The van der Waals surface area contributed by atoms with Gasteiger partial charge in [0.05, 0.1) is 24.4 Å². The number of aliphatic hydroxyl groups excluding tert-OH is 1. The lowest BCUT2D eigenvalue weighted by molar-refractivity contribution is -0.118. The molecule has 1 aromatic heterocycles. The Morgan fingerprint density at radius 2 is 2.25 bits per heavy atom. The van der Waals surface area contributed by atoms with Gasteiger partial charge >= 0.3 is 0 Å². The highest BCUT2D eigenvalue weighted by Crippen LogP contribution is 2.09. The molecular weight excluding hydrogens is 211 g/mol. The Balaban J connectivity index is 2.48. The molecule has 0 bridgehead atoms. The number of nitrogens with zero attached hydrogens (tertiary/aromatic N) is 1. The van der Waals surface area contributed by atoms with E-state index in [0.717, 1.165) is 6.07 Å². The largest absolute Gasteiger partial charge is 0.392 e. The van der Waals surface area contributed by atoms with Gasteiger partial charge in [-0.15, -0.1) is 0 Å². The summed E-state index contributed by atoms with van der Waals surface area (Å²) in [5.74, 6) is -0.882. The lowest BCUT2D eigenvalue weighted by atomic mass is 10.0. The number of nitrogens with one attached hydrogen (secondary N) is 1. The first-order valence-corrected chi connectivity index (χ1v) is 5.08. The summed E-state index contributed by atoms with van der Waals surface area (Å²) in [6.45, 7) is 3.66. The maximum absolute atomic E-state index is 12.5. The van der Waals surface area contributed by atoms with Crippen LogP contribution < -0.4 is 5.32 Å². The fourth-order valence-corrected chi connectivity index (χ4v) is 1.09. The maximum atomic E-state index is 12.5. The molecule has 1 unspecified atom stereocenters. The smallest absolute Gasteiger partial charge is 0.227 e. The Bertz CT molecular complexity index is 352. The molecule has 1 amide bonds. The molecule has 0 saturated heterocycles. The van der Waals surface area contributed by atoms with Gasteiger partial charge in [0, 0.05) is 0 Å². The molecule has 1 aromatic rings. The van der Waals surface area contributed by atoms with E-state index in [1.54, 1.807) is 0 Å². The third-order valence-corrected chi connectivity index (χ3v) is 2.18. The van der Waals surface area contributed by atoms with Crippen LogP contribution in [0.25, 0.3) is 0 Å². The SMILES string of the molecule is CC(C)C(O)CC(=O)Nc1ccc(F)nc1. The van der Waals surface area contributed by atoms with E-state index in [-0.39, 0.29) is 18.2 Å². The van der Waals surface area contributed by atoms with Gasteiger partial charge in [-0.25, -0.2) is 4.98 Å². The van der Waals surface area contributed by atoms with Crippen molar-refractivity contribution in [1.82, 2.24) is 4.98 Å². The number of anilines is 1. The molecule has 5 heteroatoms. The van der Waals surface area contributed by atoms with Gasteiger partial charge < -0.3 is 10.4 Å². The molecule has 0 aliphatic heterocycles.